The predicted octanol–water partition coefficient (Wildman–Crippen LogP) is 8.55. The number of alkyl halides is 2. The first-order valence-electron chi connectivity index (χ1n) is 13.3. The van der Waals surface area contributed by atoms with Gasteiger partial charge in [-0.1, -0.05) is 42.8 Å². The standard InChI is InChI=1S/C29H34BrF3N4O5Si/c1-28(2,3)43(6,7)42-29(4,5)26-34-15-17(16-35-26)18-13-22(23(37(39)40)14-20(18)31)36-21(11-12-38)25-19(30)9-8-10-24(25)41-27(32)33/h8-10,12-16,21,27,36H,11H2,1-7H3/t21-/m1/s1. The van der Waals surface area contributed by atoms with Gasteiger partial charge in [-0.05, 0) is 50.2 Å². The molecule has 232 valence electrons. The van der Waals surface area contributed by atoms with Crippen LogP contribution >= 0.6 is 15.9 Å². The fourth-order valence-electron chi connectivity index (χ4n) is 4.25. The lowest BCUT2D eigenvalue weighted by Crippen LogP contribution is -2.46. The summed E-state index contributed by atoms with van der Waals surface area (Å²) >= 11 is 3.28. The van der Waals surface area contributed by atoms with Gasteiger partial charge in [-0.3, -0.25) is 10.1 Å². The Labute approximate surface area is 257 Å². The molecule has 3 rings (SSSR count). The Kier molecular flexibility index (Phi) is 10.4. The number of nitrogens with one attached hydrogen (secondary N) is 1. The van der Waals surface area contributed by atoms with Crippen LogP contribution in [0.3, 0.4) is 0 Å². The minimum Gasteiger partial charge on any atom is -0.434 e. The van der Waals surface area contributed by atoms with E-state index in [1.807, 2.05) is 13.8 Å². The van der Waals surface area contributed by atoms with Crippen molar-refractivity contribution >= 4 is 41.9 Å². The Morgan fingerprint density at radius 3 is 2.30 bits per heavy atom. The molecule has 1 heterocycles. The van der Waals surface area contributed by atoms with Crippen LogP contribution in [0.1, 0.15) is 58.5 Å². The molecule has 3 aromatic rings. The summed E-state index contributed by atoms with van der Waals surface area (Å²) in [7, 11) is -2.19. The second-order valence-electron chi connectivity index (χ2n) is 11.9. The van der Waals surface area contributed by atoms with Crippen molar-refractivity contribution in [2.45, 2.75) is 77.4 Å². The molecule has 0 unspecified atom stereocenters. The second-order valence-corrected chi connectivity index (χ2v) is 17.5. The molecule has 0 bridgehead atoms. The zero-order valence-corrected chi connectivity index (χ0v) is 27.5. The van der Waals surface area contributed by atoms with E-state index in [0.717, 1.165) is 6.07 Å². The van der Waals surface area contributed by atoms with Gasteiger partial charge >= 0.3 is 6.61 Å². The number of carbonyl (C=O) groups excluding carboxylic acids is 1. The van der Waals surface area contributed by atoms with Crippen LogP contribution in [0, 0.1) is 15.9 Å². The van der Waals surface area contributed by atoms with Crippen molar-refractivity contribution < 1.29 is 32.1 Å². The molecule has 43 heavy (non-hydrogen) atoms. The van der Waals surface area contributed by atoms with Crippen LogP contribution in [-0.2, 0) is 14.8 Å². The van der Waals surface area contributed by atoms with Gasteiger partial charge in [0.05, 0.1) is 17.0 Å². The first kappa shape index (κ1) is 34.1. The maximum atomic E-state index is 15.3. The number of anilines is 1. The van der Waals surface area contributed by atoms with Crippen molar-refractivity contribution in [2.24, 2.45) is 0 Å². The number of halogens is 4. The van der Waals surface area contributed by atoms with E-state index in [0.29, 0.717) is 16.6 Å². The van der Waals surface area contributed by atoms with E-state index in [1.54, 1.807) is 6.07 Å². The Morgan fingerprint density at radius 2 is 1.77 bits per heavy atom. The molecular formula is C29H34BrF3N4O5Si. The Morgan fingerprint density at radius 1 is 1.14 bits per heavy atom. The lowest BCUT2D eigenvalue weighted by molar-refractivity contribution is -0.384. The van der Waals surface area contributed by atoms with Gasteiger partial charge in [0.1, 0.15) is 29.1 Å². The number of nitrogens with zero attached hydrogens (tertiary/aromatic N) is 3. The highest BCUT2D eigenvalue weighted by molar-refractivity contribution is 9.10. The Hall–Kier alpha value is -3.36. The molecule has 0 fully saturated rings. The van der Waals surface area contributed by atoms with Crippen molar-refractivity contribution in [1.29, 1.82) is 0 Å². The number of ether oxygens (including phenoxy) is 1. The molecule has 0 aliphatic rings. The molecule has 0 radical (unpaired) electrons. The second kappa shape index (κ2) is 13.1. The van der Waals surface area contributed by atoms with E-state index in [9.17, 15) is 23.7 Å². The number of aromatic nitrogens is 2. The lowest BCUT2D eigenvalue weighted by Gasteiger charge is -2.42. The summed E-state index contributed by atoms with van der Waals surface area (Å²) in [5.74, 6) is -0.756. The van der Waals surface area contributed by atoms with Crippen LogP contribution in [0.25, 0.3) is 11.1 Å². The zero-order valence-electron chi connectivity index (χ0n) is 24.9. The SMILES string of the molecule is CC(C)(O[Si](C)(C)C(C)(C)C)c1ncc(-c2cc(N[C@H](CC=O)c3c(Br)cccc3OC(F)F)c([N+](=O)[O-])cc2F)cn1. The van der Waals surface area contributed by atoms with E-state index in [-0.39, 0.29) is 39.6 Å². The van der Waals surface area contributed by atoms with E-state index in [4.69, 9.17) is 4.43 Å². The van der Waals surface area contributed by atoms with Crippen molar-refractivity contribution in [3.05, 3.63) is 74.5 Å². The van der Waals surface area contributed by atoms with Crippen molar-refractivity contribution in [3.63, 3.8) is 0 Å². The van der Waals surface area contributed by atoms with Gasteiger partial charge in [-0.15, -0.1) is 0 Å². The van der Waals surface area contributed by atoms with Crippen LogP contribution in [-0.4, -0.2) is 36.1 Å². The van der Waals surface area contributed by atoms with E-state index < -0.39 is 43.0 Å². The van der Waals surface area contributed by atoms with Gasteiger partial charge < -0.3 is 19.3 Å². The molecule has 1 N–H and O–H groups in total. The summed E-state index contributed by atoms with van der Waals surface area (Å²) in [4.78, 5) is 31.5. The zero-order chi connectivity index (χ0) is 32.3. The largest absolute Gasteiger partial charge is 0.434 e. The number of benzene rings is 2. The van der Waals surface area contributed by atoms with Crippen molar-refractivity contribution in [2.75, 3.05) is 5.32 Å². The third-order valence-corrected chi connectivity index (χ3v) is 12.7. The van der Waals surface area contributed by atoms with Gasteiger partial charge in [0.2, 0.25) is 0 Å². The monoisotopic (exact) mass is 682 g/mol. The smallest absolute Gasteiger partial charge is 0.387 e. The van der Waals surface area contributed by atoms with Gasteiger partial charge in [-0.2, -0.15) is 8.78 Å². The maximum Gasteiger partial charge on any atom is 0.387 e. The molecule has 9 nitrogen and oxygen atoms in total. The van der Waals surface area contributed by atoms with Crippen LogP contribution in [0.2, 0.25) is 18.1 Å². The molecule has 2 aromatic carbocycles. The van der Waals surface area contributed by atoms with Gasteiger partial charge in [0.25, 0.3) is 5.69 Å². The van der Waals surface area contributed by atoms with Gasteiger partial charge in [-0.25, -0.2) is 14.4 Å². The quantitative estimate of drug-likeness (QED) is 0.0874. The topological polar surface area (TPSA) is 116 Å². The molecule has 0 spiro atoms. The Bertz CT molecular complexity index is 1480. The highest BCUT2D eigenvalue weighted by atomic mass is 79.9. The number of aldehydes is 1. The Balaban J connectivity index is 2.05. The molecule has 1 aromatic heterocycles. The molecule has 0 saturated heterocycles. The number of nitro benzene ring substituents is 1. The van der Waals surface area contributed by atoms with E-state index in [1.165, 1.54) is 30.6 Å². The highest BCUT2D eigenvalue weighted by Crippen LogP contribution is 2.42. The minimum absolute atomic E-state index is 0.0520. The maximum absolute atomic E-state index is 15.3. The number of hydrogen-bond donors (Lipinski definition) is 1. The summed E-state index contributed by atoms with van der Waals surface area (Å²) in [6.45, 7) is 11.1. The summed E-state index contributed by atoms with van der Waals surface area (Å²) in [6.07, 6.45) is 3.06. The third-order valence-electron chi connectivity index (χ3n) is 7.34. The average Bonchev–Trinajstić information content (AvgIpc) is 2.88. The number of nitro groups is 1. The van der Waals surface area contributed by atoms with Crippen molar-refractivity contribution in [3.8, 4) is 16.9 Å². The molecule has 0 saturated carbocycles. The summed E-state index contributed by atoms with van der Waals surface area (Å²) in [6, 6.07) is 5.18. The number of carbonyl (C=O) groups is 1. The number of hydrogen-bond acceptors (Lipinski definition) is 8. The fraction of sp³-hybridized carbons (Fsp3) is 0.414. The van der Waals surface area contributed by atoms with Gasteiger partial charge in [0, 0.05) is 40.0 Å². The first-order chi connectivity index (χ1) is 19.9. The van der Waals surface area contributed by atoms with Crippen LogP contribution in [0.15, 0.2) is 47.2 Å². The first-order valence-corrected chi connectivity index (χ1v) is 17.0. The molecule has 0 aliphatic carbocycles. The van der Waals surface area contributed by atoms with Crippen LogP contribution in [0.4, 0.5) is 24.5 Å². The number of rotatable bonds is 12. The fourth-order valence-corrected chi connectivity index (χ4v) is 6.55. The molecular weight excluding hydrogens is 649 g/mol. The van der Waals surface area contributed by atoms with Crippen LogP contribution in [0.5, 0.6) is 5.75 Å². The van der Waals surface area contributed by atoms with Crippen LogP contribution < -0.4 is 10.1 Å². The molecule has 14 heteroatoms. The van der Waals surface area contributed by atoms with Crippen molar-refractivity contribution in [1.82, 2.24) is 9.97 Å². The summed E-state index contributed by atoms with van der Waals surface area (Å²) < 4.78 is 53.0. The average molecular weight is 684 g/mol. The highest BCUT2D eigenvalue weighted by Gasteiger charge is 2.43. The minimum atomic E-state index is -3.16. The third kappa shape index (κ3) is 7.98. The lowest BCUT2D eigenvalue weighted by atomic mass is 10.0. The normalized spacial score (nSPS) is 13.1. The van der Waals surface area contributed by atoms with E-state index >= 15 is 4.39 Å². The van der Waals surface area contributed by atoms with E-state index in [2.05, 4.69) is 69.8 Å². The molecule has 1 atom stereocenters. The summed E-state index contributed by atoms with van der Waals surface area (Å²) in [5, 5.41) is 14.7. The van der Waals surface area contributed by atoms with Gasteiger partial charge in [0.15, 0.2) is 14.1 Å². The predicted molar refractivity (Wildman–Crippen MR) is 163 cm³/mol. The summed E-state index contributed by atoms with van der Waals surface area (Å²) in [5.41, 5.74) is -1.31. The molecule has 0 aliphatic heterocycles. The molecule has 0 amide bonds.